The maximum absolute atomic E-state index is 13.6. The van der Waals surface area contributed by atoms with E-state index in [-0.39, 0.29) is 24.5 Å². The minimum Gasteiger partial charge on any atom is -0.396 e. The Balaban J connectivity index is 1.03. The van der Waals surface area contributed by atoms with Crippen molar-refractivity contribution in [3.63, 3.8) is 0 Å². The van der Waals surface area contributed by atoms with Crippen molar-refractivity contribution in [3.05, 3.63) is 17.5 Å². The van der Waals surface area contributed by atoms with Crippen LogP contribution in [0.25, 0.3) is 0 Å². The van der Waals surface area contributed by atoms with Crippen LogP contribution in [0, 0.1) is 17.8 Å². The van der Waals surface area contributed by atoms with Gasteiger partial charge in [0.1, 0.15) is 5.76 Å². The predicted octanol–water partition coefficient (Wildman–Crippen LogP) is 1.61. The Kier molecular flexibility index (Phi) is 5.78. The standard InChI is InChI=1S/C24H36N4O5S/c29-9-1-6-25-18-4-7-28(8-5-18)34(31,32)24-13-16-10-19(11-17(14-24)22(16)24)26-23(30)20-12-21(33-27-20)15-2-3-15/h12,15-19,22,25,29H,1-11,13-14H2,(H,26,30)/t16-,17+,19?,22?,24?. The Morgan fingerprint density at radius 1 is 1.15 bits per heavy atom. The highest BCUT2D eigenvalue weighted by Crippen LogP contribution is 2.69. The third kappa shape index (κ3) is 3.72. The summed E-state index contributed by atoms with van der Waals surface area (Å²) in [5.74, 6) is 2.07. The highest BCUT2D eigenvalue weighted by Gasteiger charge is 2.73. The molecule has 9 nitrogen and oxygen atoms in total. The zero-order valence-electron chi connectivity index (χ0n) is 19.6. The number of hydrogen-bond donors (Lipinski definition) is 3. The van der Waals surface area contributed by atoms with Gasteiger partial charge in [0, 0.05) is 43.8 Å². The maximum atomic E-state index is 13.6. The molecule has 3 unspecified atom stereocenters. The van der Waals surface area contributed by atoms with E-state index in [0.29, 0.717) is 42.6 Å². The number of nitrogens with zero attached hydrogens (tertiary/aromatic N) is 2. The minimum atomic E-state index is -3.31. The third-order valence-corrected chi connectivity index (χ3v) is 11.8. The van der Waals surface area contributed by atoms with Crippen LogP contribution in [0.5, 0.6) is 0 Å². The molecule has 4 aliphatic carbocycles. The number of amides is 1. The van der Waals surface area contributed by atoms with Crippen molar-refractivity contribution in [1.82, 2.24) is 20.1 Å². The van der Waals surface area contributed by atoms with Gasteiger partial charge in [-0.05, 0) is 82.1 Å². The van der Waals surface area contributed by atoms with Crippen LogP contribution >= 0.6 is 0 Å². The molecule has 1 aliphatic heterocycles. The van der Waals surface area contributed by atoms with Gasteiger partial charge in [-0.15, -0.1) is 0 Å². The summed E-state index contributed by atoms with van der Waals surface area (Å²) >= 11 is 0. The average molecular weight is 493 g/mol. The molecule has 3 N–H and O–H groups in total. The molecule has 188 valence electrons. The maximum Gasteiger partial charge on any atom is 0.273 e. The topological polar surface area (TPSA) is 125 Å². The van der Waals surface area contributed by atoms with Crippen LogP contribution in [0.1, 0.15) is 80.0 Å². The second-order valence-electron chi connectivity index (χ2n) is 11.3. The molecule has 6 rings (SSSR count). The van der Waals surface area contributed by atoms with E-state index in [1.165, 1.54) is 0 Å². The zero-order chi connectivity index (χ0) is 23.5. The molecular weight excluding hydrogens is 456 g/mol. The van der Waals surface area contributed by atoms with Crippen LogP contribution in [0.3, 0.4) is 0 Å². The Morgan fingerprint density at radius 3 is 2.50 bits per heavy atom. The molecule has 34 heavy (non-hydrogen) atoms. The Hall–Kier alpha value is -1.49. The third-order valence-electron chi connectivity index (χ3n) is 9.16. The highest BCUT2D eigenvalue weighted by molar-refractivity contribution is 7.90. The fourth-order valence-electron chi connectivity index (χ4n) is 7.37. The molecule has 4 saturated carbocycles. The highest BCUT2D eigenvalue weighted by atomic mass is 32.2. The quantitative estimate of drug-likeness (QED) is 0.447. The number of carbonyl (C=O) groups excluding carboxylic acids is 1. The Labute approximate surface area is 201 Å². The van der Waals surface area contributed by atoms with E-state index in [1.54, 1.807) is 10.4 Å². The number of carbonyl (C=O) groups is 1. The molecule has 5 aliphatic rings. The van der Waals surface area contributed by atoms with Crippen molar-refractivity contribution in [3.8, 4) is 0 Å². The number of aliphatic hydroxyl groups is 1. The number of aliphatic hydroxyl groups excluding tert-OH is 1. The first-order valence-electron chi connectivity index (χ1n) is 13.0. The first-order valence-corrected chi connectivity index (χ1v) is 14.5. The monoisotopic (exact) mass is 492 g/mol. The van der Waals surface area contributed by atoms with Gasteiger partial charge in [0.2, 0.25) is 10.0 Å². The fraction of sp³-hybridized carbons (Fsp3) is 0.833. The van der Waals surface area contributed by atoms with E-state index in [9.17, 15) is 13.2 Å². The van der Waals surface area contributed by atoms with E-state index >= 15 is 0 Å². The lowest BCUT2D eigenvalue weighted by Crippen LogP contribution is -2.75. The predicted molar refractivity (Wildman–Crippen MR) is 125 cm³/mol. The van der Waals surface area contributed by atoms with Crippen LogP contribution in [0.4, 0.5) is 0 Å². The second-order valence-corrected chi connectivity index (χ2v) is 13.5. The van der Waals surface area contributed by atoms with Crippen molar-refractivity contribution in [2.45, 2.75) is 80.5 Å². The molecule has 1 aromatic heterocycles. The van der Waals surface area contributed by atoms with Crippen molar-refractivity contribution in [2.24, 2.45) is 17.8 Å². The second kappa shape index (κ2) is 8.57. The van der Waals surface area contributed by atoms with Gasteiger partial charge in [0.25, 0.3) is 5.91 Å². The molecule has 1 saturated heterocycles. The number of rotatable bonds is 9. The lowest BCUT2D eigenvalue weighted by atomic mass is 9.42. The van der Waals surface area contributed by atoms with Crippen LogP contribution in [0.15, 0.2) is 10.6 Å². The minimum absolute atomic E-state index is 0.0848. The van der Waals surface area contributed by atoms with Crippen LogP contribution in [-0.2, 0) is 10.0 Å². The van der Waals surface area contributed by atoms with Crippen molar-refractivity contribution < 1.29 is 22.8 Å². The summed E-state index contributed by atoms with van der Waals surface area (Å²) in [5.41, 5.74) is 0.359. The van der Waals surface area contributed by atoms with Gasteiger partial charge in [-0.25, -0.2) is 12.7 Å². The summed E-state index contributed by atoms with van der Waals surface area (Å²) in [6.07, 6.45) is 7.77. The molecule has 10 heteroatoms. The van der Waals surface area contributed by atoms with E-state index in [1.807, 2.05) is 0 Å². The first kappa shape index (κ1) is 22.9. The molecule has 1 aromatic rings. The number of nitrogens with one attached hydrogen (secondary N) is 2. The van der Waals surface area contributed by atoms with Gasteiger partial charge in [0.05, 0.1) is 4.75 Å². The number of aromatic nitrogens is 1. The van der Waals surface area contributed by atoms with Crippen LogP contribution in [-0.4, -0.2) is 72.0 Å². The van der Waals surface area contributed by atoms with Gasteiger partial charge >= 0.3 is 0 Å². The molecular formula is C24H36N4O5S. The molecule has 1 amide bonds. The van der Waals surface area contributed by atoms with Gasteiger partial charge in [-0.2, -0.15) is 0 Å². The lowest BCUT2D eigenvalue weighted by Gasteiger charge is -2.70. The molecule has 0 bridgehead atoms. The molecule has 0 aromatic carbocycles. The van der Waals surface area contributed by atoms with Gasteiger partial charge in [-0.1, -0.05) is 5.16 Å². The molecule has 5 atom stereocenters. The van der Waals surface area contributed by atoms with Gasteiger partial charge < -0.3 is 20.3 Å². The van der Waals surface area contributed by atoms with Crippen LogP contribution in [0.2, 0.25) is 0 Å². The number of piperidine rings is 1. The summed E-state index contributed by atoms with van der Waals surface area (Å²) in [5, 5.41) is 19.5. The van der Waals surface area contributed by atoms with Crippen molar-refractivity contribution >= 4 is 15.9 Å². The largest absolute Gasteiger partial charge is 0.396 e. The van der Waals surface area contributed by atoms with E-state index in [2.05, 4.69) is 15.8 Å². The first-order chi connectivity index (χ1) is 16.4. The number of sulfonamides is 1. The summed E-state index contributed by atoms with van der Waals surface area (Å²) in [6.45, 7) is 2.13. The van der Waals surface area contributed by atoms with E-state index < -0.39 is 14.8 Å². The van der Waals surface area contributed by atoms with E-state index in [4.69, 9.17) is 9.63 Å². The average Bonchev–Trinajstić information content (AvgIpc) is 3.52. The summed E-state index contributed by atoms with van der Waals surface area (Å²) < 4.78 is 33.8. The molecule has 5 fully saturated rings. The van der Waals surface area contributed by atoms with Gasteiger partial charge in [0.15, 0.2) is 5.69 Å². The van der Waals surface area contributed by atoms with Crippen molar-refractivity contribution in [2.75, 3.05) is 26.2 Å². The smallest absolute Gasteiger partial charge is 0.273 e. The summed E-state index contributed by atoms with van der Waals surface area (Å²) in [7, 11) is -3.31. The SMILES string of the molecule is O=C(NC1C[C@@H]2CC3(S(=O)(=O)N4CCC(NCCCO)CC4)C[C@H](C1)C23)c1cc(C2CC2)on1. The molecule has 2 heterocycles. The van der Waals surface area contributed by atoms with Crippen molar-refractivity contribution in [1.29, 1.82) is 0 Å². The summed E-state index contributed by atoms with van der Waals surface area (Å²) in [4.78, 5) is 12.7. The Bertz CT molecular complexity index is 1010. The van der Waals surface area contributed by atoms with Crippen LogP contribution < -0.4 is 10.6 Å². The Morgan fingerprint density at radius 2 is 1.85 bits per heavy atom. The fourth-order valence-corrected chi connectivity index (χ4v) is 10.2. The van der Waals surface area contributed by atoms with E-state index in [0.717, 1.165) is 70.1 Å². The zero-order valence-corrected chi connectivity index (χ0v) is 20.4. The summed E-state index contributed by atoms with van der Waals surface area (Å²) in [6, 6.07) is 2.19. The normalized spacial score (nSPS) is 35.8. The number of hydrogen-bond acceptors (Lipinski definition) is 7. The molecule has 0 spiro atoms. The lowest BCUT2D eigenvalue weighted by molar-refractivity contribution is -0.108. The molecule has 0 radical (unpaired) electrons. The van der Waals surface area contributed by atoms with Gasteiger partial charge in [-0.3, -0.25) is 4.79 Å².